The quantitative estimate of drug-likeness (QED) is 0.456. The van der Waals surface area contributed by atoms with Gasteiger partial charge in [0.05, 0.1) is 24.6 Å². The van der Waals surface area contributed by atoms with E-state index in [0.29, 0.717) is 25.2 Å². The lowest BCUT2D eigenvalue weighted by molar-refractivity contribution is -0.0869. The van der Waals surface area contributed by atoms with E-state index < -0.39 is 48.7 Å². The SMILES string of the molecule is C[C@@H]1Cc2c([nH]c3ccccc23)[C@@H](c2c(F)cc(C(C#N)C3CNC3)cc2F)N1CC(F)(F)CO. The Balaban J connectivity index is 1.67. The summed E-state index contributed by atoms with van der Waals surface area (Å²) in [5, 5.41) is 22.8. The fraction of sp³-hybridized carbons (Fsp3) is 0.423. The molecule has 2 aromatic carbocycles. The summed E-state index contributed by atoms with van der Waals surface area (Å²) >= 11 is 0. The monoisotopic (exact) mass is 486 g/mol. The number of nitrogens with zero attached hydrogens (tertiary/aromatic N) is 2. The van der Waals surface area contributed by atoms with Gasteiger partial charge in [0.25, 0.3) is 5.92 Å². The van der Waals surface area contributed by atoms with Crippen LogP contribution in [0.3, 0.4) is 0 Å². The zero-order valence-electron chi connectivity index (χ0n) is 19.2. The Morgan fingerprint density at radius 3 is 2.49 bits per heavy atom. The summed E-state index contributed by atoms with van der Waals surface area (Å²) < 4.78 is 60.2. The highest BCUT2D eigenvalue weighted by Gasteiger charge is 2.43. The van der Waals surface area contributed by atoms with E-state index in [4.69, 9.17) is 0 Å². The molecule has 0 radical (unpaired) electrons. The molecule has 184 valence electrons. The van der Waals surface area contributed by atoms with E-state index in [0.717, 1.165) is 28.6 Å². The molecule has 3 atom stereocenters. The second-order valence-electron chi connectivity index (χ2n) is 9.63. The molecule has 0 saturated carbocycles. The molecule has 2 aliphatic rings. The molecule has 5 nitrogen and oxygen atoms in total. The number of para-hydroxylation sites is 1. The van der Waals surface area contributed by atoms with Gasteiger partial charge in [-0.2, -0.15) is 5.26 Å². The number of nitriles is 1. The first kappa shape index (κ1) is 23.8. The Hall–Kier alpha value is -2.93. The minimum absolute atomic E-state index is 0.0422. The van der Waals surface area contributed by atoms with Crippen LogP contribution in [0.2, 0.25) is 0 Å². The van der Waals surface area contributed by atoms with Gasteiger partial charge in [-0.05, 0) is 42.7 Å². The molecular weight excluding hydrogens is 460 g/mol. The second-order valence-corrected chi connectivity index (χ2v) is 9.63. The van der Waals surface area contributed by atoms with Crippen LogP contribution in [0.15, 0.2) is 36.4 Å². The number of halogens is 4. The summed E-state index contributed by atoms with van der Waals surface area (Å²) in [4.78, 5) is 4.57. The third kappa shape index (κ3) is 4.10. The lowest BCUT2D eigenvalue weighted by atomic mass is 9.81. The van der Waals surface area contributed by atoms with Crippen molar-refractivity contribution in [2.75, 3.05) is 26.2 Å². The molecule has 0 bridgehead atoms. The molecule has 1 unspecified atom stereocenters. The highest BCUT2D eigenvalue weighted by atomic mass is 19.3. The van der Waals surface area contributed by atoms with E-state index in [2.05, 4.69) is 16.4 Å². The van der Waals surface area contributed by atoms with E-state index in [1.165, 1.54) is 4.90 Å². The van der Waals surface area contributed by atoms with Crippen LogP contribution in [-0.4, -0.2) is 53.2 Å². The highest BCUT2D eigenvalue weighted by Crippen LogP contribution is 2.44. The Kier molecular flexibility index (Phi) is 6.08. The summed E-state index contributed by atoms with van der Waals surface area (Å²) in [6, 6.07) is 10.3. The number of aromatic amines is 1. The molecule has 5 rings (SSSR count). The van der Waals surface area contributed by atoms with E-state index in [9.17, 15) is 19.1 Å². The van der Waals surface area contributed by atoms with Gasteiger partial charge in [0.1, 0.15) is 18.2 Å². The van der Waals surface area contributed by atoms with Crippen molar-refractivity contribution < 1.29 is 22.7 Å². The van der Waals surface area contributed by atoms with Gasteiger partial charge in [0.2, 0.25) is 0 Å². The zero-order valence-corrected chi connectivity index (χ0v) is 19.2. The number of hydrogen-bond donors (Lipinski definition) is 3. The average Bonchev–Trinajstić information content (AvgIpc) is 3.15. The van der Waals surface area contributed by atoms with Crippen molar-refractivity contribution in [1.82, 2.24) is 15.2 Å². The first-order chi connectivity index (χ1) is 16.7. The van der Waals surface area contributed by atoms with Crippen LogP contribution in [-0.2, 0) is 6.42 Å². The van der Waals surface area contributed by atoms with Crippen molar-refractivity contribution in [3.8, 4) is 6.07 Å². The average molecular weight is 487 g/mol. The number of fused-ring (bicyclic) bond motifs is 3. The fourth-order valence-corrected chi connectivity index (χ4v) is 5.43. The number of aromatic nitrogens is 1. The van der Waals surface area contributed by atoms with Gasteiger partial charge in [0, 0.05) is 47.2 Å². The third-order valence-corrected chi connectivity index (χ3v) is 7.32. The molecule has 35 heavy (non-hydrogen) atoms. The maximum atomic E-state index is 15.7. The van der Waals surface area contributed by atoms with Crippen molar-refractivity contribution in [2.24, 2.45) is 5.92 Å². The lowest BCUT2D eigenvalue weighted by Crippen LogP contribution is -2.49. The maximum Gasteiger partial charge on any atom is 0.283 e. The molecule has 3 aromatic rings. The number of nitrogens with one attached hydrogen (secondary N) is 2. The molecule has 0 amide bonds. The number of alkyl halides is 2. The fourth-order valence-electron chi connectivity index (χ4n) is 5.43. The van der Waals surface area contributed by atoms with Gasteiger partial charge in [-0.15, -0.1) is 0 Å². The number of aliphatic hydroxyl groups excluding tert-OH is 1. The zero-order chi connectivity index (χ0) is 24.9. The summed E-state index contributed by atoms with van der Waals surface area (Å²) in [5.74, 6) is -5.92. The normalized spacial score (nSPS) is 22.0. The Labute approximate surface area is 200 Å². The molecule has 1 fully saturated rings. The molecule has 3 N–H and O–H groups in total. The van der Waals surface area contributed by atoms with Gasteiger partial charge >= 0.3 is 0 Å². The van der Waals surface area contributed by atoms with E-state index >= 15 is 8.78 Å². The smallest absolute Gasteiger partial charge is 0.283 e. The number of aliphatic hydroxyl groups is 1. The van der Waals surface area contributed by atoms with Crippen molar-refractivity contribution in [3.05, 3.63) is 70.4 Å². The summed E-state index contributed by atoms with van der Waals surface area (Å²) in [6.45, 7) is 0.688. The largest absolute Gasteiger partial charge is 0.390 e. The molecule has 9 heteroatoms. The van der Waals surface area contributed by atoms with Crippen LogP contribution >= 0.6 is 0 Å². The highest BCUT2D eigenvalue weighted by molar-refractivity contribution is 5.85. The lowest BCUT2D eigenvalue weighted by Gasteiger charge is -2.42. The Morgan fingerprint density at radius 1 is 1.20 bits per heavy atom. The van der Waals surface area contributed by atoms with Gasteiger partial charge in [-0.25, -0.2) is 17.6 Å². The summed E-state index contributed by atoms with van der Waals surface area (Å²) in [5.41, 5.74) is 1.95. The van der Waals surface area contributed by atoms with Crippen LogP contribution in [0.4, 0.5) is 17.6 Å². The van der Waals surface area contributed by atoms with Crippen molar-refractivity contribution >= 4 is 10.9 Å². The number of H-pyrrole nitrogens is 1. The number of benzene rings is 2. The third-order valence-electron chi connectivity index (χ3n) is 7.32. The molecule has 0 aliphatic carbocycles. The Morgan fingerprint density at radius 2 is 1.89 bits per heavy atom. The molecule has 2 aliphatic heterocycles. The number of hydrogen-bond acceptors (Lipinski definition) is 4. The van der Waals surface area contributed by atoms with E-state index in [1.54, 1.807) is 6.92 Å². The van der Waals surface area contributed by atoms with E-state index in [-0.39, 0.29) is 17.0 Å². The van der Waals surface area contributed by atoms with Crippen LogP contribution in [0.5, 0.6) is 0 Å². The molecular formula is C26H26F4N4O. The van der Waals surface area contributed by atoms with Crippen LogP contribution in [0.1, 0.15) is 41.3 Å². The van der Waals surface area contributed by atoms with Crippen LogP contribution in [0, 0.1) is 28.9 Å². The first-order valence-electron chi connectivity index (χ1n) is 11.7. The van der Waals surface area contributed by atoms with Gasteiger partial charge in [-0.3, -0.25) is 4.90 Å². The molecule has 1 saturated heterocycles. The van der Waals surface area contributed by atoms with Crippen LogP contribution < -0.4 is 5.32 Å². The van der Waals surface area contributed by atoms with Crippen molar-refractivity contribution in [2.45, 2.75) is 37.3 Å². The minimum atomic E-state index is -3.45. The standard InChI is InChI=1S/C26H26F4N4O/c1-14-6-18-17-4-2-3-5-22(17)33-24(18)25(34(14)12-26(29,30)13-35)23-20(27)7-15(8-21(23)28)19(9-31)16-10-32-11-16/h2-5,7-8,14,16,19,25,32-33,35H,6,10-13H2,1H3/t14-,19?,25-/m1/s1. The second kappa shape index (κ2) is 8.94. The number of rotatable bonds is 6. The summed E-state index contributed by atoms with van der Waals surface area (Å²) in [7, 11) is 0. The van der Waals surface area contributed by atoms with Crippen LogP contribution in [0.25, 0.3) is 10.9 Å². The first-order valence-corrected chi connectivity index (χ1v) is 11.7. The maximum absolute atomic E-state index is 15.7. The van der Waals surface area contributed by atoms with Gasteiger partial charge in [-0.1, -0.05) is 18.2 Å². The van der Waals surface area contributed by atoms with Crippen molar-refractivity contribution in [1.29, 1.82) is 5.26 Å². The van der Waals surface area contributed by atoms with Gasteiger partial charge < -0.3 is 15.4 Å². The van der Waals surface area contributed by atoms with Gasteiger partial charge in [0.15, 0.2) is 0 Å². The predicted octanol–water partition coefficient (Wildman–Crippen LogP) is 4.24. The summed E-state index contributed by atoms with van der Waals surface area (Å²) in [6.07, 6.45) is 0.407. The molecule has 0 spiro atoms. The minimum Gasteiger partial charge on any atom is -0.390 e. The van der Waals surface area contributed by atoms with Crippen molar-refractivity contribution in [3.63, 3.8) is 0 Å². The molecule has 3 heterocycles. The Bertz CT molecular complexity index is 1270. The molecule has 1 aromatic heterocycles. The van der Waals surface area contributed by atoms with E-state index in [1.807, 2.05) is 24.3 Å². The topological polar surface area (TPSA) is 75.1 Å². The predicted molar refractivity (Wildman–Crippen MR) is 123 cm³/mol.